The lowest BCUT2D eigenvalue weighted by Crippen LogP contribution is -2.40. The van der Waals surface area contributed by atoms with Crippen LogP contribution in [0.4, 0.5) is 0 Å². The van der Waals surface area contributed by atoms with Gasteiger partial charge >= 0.3 is 0 Å². The molecule has 2 heterocycles. The first kappa shape index (κ1) is 22.5. The van der Waals surface area contributed by atoms with E-state index in [1.165, 1.54) is 9.87 Å². The van der Waals surface area contributed by atoms with Gasteiger partial charge in [0.25, 0.3) is 0 Å². The van der Waals surface area contributed by atoms with Crippen LogP contribution in [0.3, 0.4) is 0 Å². The third-order valence-electron chi connectivity index (χ3n) is 5.73. The van der Waals surface area contributed by atoms with Crippen LogP contribution >= 0.6 is 0 Å². The molecule has 2 aromatic rings. The number of nitrogens with one attached hydrogen (secondary N) is 1. The van der Waals surface area contributed by atoms with E-state index in [0.29, 0.717) is 43.8 Å². The van der Waals surface area contributed by atoms with Gasteiger partial charge in [-0.2, -0.15) is 4.31 Å². The second-order valence-corrected chi connectivity index (χ2v) is 10.1. The summed E-state index contributed by atoms with van der Waals surface area (Å²) in [7, 11) is -3.61. The highest BCUT2D eigenvalue weighted by Crippen LogP contribution is 2.28. The normalized spacial score (nSPS) is 17.0. The molecule has 0 saturated carbocycles. The number of rotatable bonds is 8. The summed E-state index contributed by atoms with van der Waals surface area (Å²) in [6, 6.07) is 10.4. The van der Waals surface area contributed by atoms with Crippen LogP contribution in [0.15, 0.2) is 39.8 Å². The first-order chi connectivity index (χ1) is 14.3. The van der Waals surface area contributed by atoms with Crippen molar-refractivity contribution in [2.75, 3.05) is 13.1 Å². The molecule has 0 radical (unpaired) electrons. The summed E-state index contributed by atoms with van der Waals surface area (Å²) in [6.45, 7) is 6.10. The van der Waals surface area contributed by atoms with Crippen molar-refractivity contribution in [2.45, 2.75) is 63.8 Å². The van der Waals surface area contributed by atoms with Crippen LogP contribution in [-0.4, -0.2) is 42.9 Å². The summed E-state index contributed by atoms with van der Waals surface area (Å²) in [5.41, 5.74) is 1.66. The van der Waals surface area contributed by atoms with E-state index in [-0.39, 0.29) is 22.8 Å². The number of carbonyl (C=O) groups is 1. The predicted molar refractivity (Wildman–Crippen MR) is 114 cm³/mol. The molecule has 0 bridgehead atoms. The van der Waals surface area contributed by atoms with Crippen LogP contribution in [-0.2, 0) is 21.2 Å². The summed E-state index contributed by atoms with van der Waals surface area (Å²) in [5, 5.41) is 6.84. The van der Waals surface area contributed by atoms with Gasteiger partial charge in [0.05, 0.1) is 0 Å². The van der Waals surface area contributed by atoms with Gasteiger partial charge in [-0.25, -0.2) is 8.42 Å². The number of carbonyl (C=O) groups excluding carboxylic acids is 1. The second kappa shape index (κ2) is 9.75. The highest BCUT2D eigenvalue weighted by Gasteiger charge is 2.34. The second-order valence-electron chi connectivity index (χ2n) is 8.20. The Kier molecular flexibility index (Phi) is 7.31. The molecule has 0 spiro atoms. The van der Waals surface area contributed by atoms with Gasteiger partial charge in [0, 0.05) is 25.6 Å². The minimum absolute atomic E-state index is 0.0441. The average molecular weight is 434 g/mol. The molecule has 164 valence electrons. The number of aromatic nitrogens is 1. The summed E-state index contributed by atoms with van der Waals surface area (Å²) in [4.78, 5) is 12.6. The van der Waals surface area contributed by atoms with Crippen molar-refractivity contribution in [3.05, 3.63) is 47.3 Å². The monoisotopic (exact) mass is 433 g/mol. The van der Waals surface area contributed by atoms with Crippen molar-refractivity contribution in [3.63, 3.8) is 0 Å². The van der Waals surface area contributed by atoms with Crippen molar-refractivity contribution < 1.29 is 17.7 Å². The lowest BCUT2D eigenvalue weighted by Gasteiger charge is -2.31. The molecule has 1 fully saturated rings. The highest BCUT2D eigenvalue weighted by molar-refractivity contribution is 7.89. The molecule has 3 rings (SSSR count). The Morgan fingerprint density at radius 1 is 1.23 bits per heavy atom. The molecule has 1 aromatic heterocycles. The SMILES string of the molecule is Cc1noc(C)c1S(=O)(=O)N1CCC(CC(=O)N[C@@H](C)CCc2ccccc2)CC1. The van der Waals surface area contributed by atoms with E-state index in [0.717, 1.165) is 12.8 Å². The molecule has 1 saturated heterocycles. The van der Waals surface area contributed by atoms with Crippen LogP contribution in [0, 0.1) is 19.8 Å². The number of benzene rings is 1. The standard InChI is InChI=1S/C22H31N3O4S/c1-16(9-10-19-7-5-4-6-8-19)23-21(26)15-20-11-13-25(14-12-20)30(27,28)22-17(2)24-29-18(22)3/h4-8,16,20H,9-15H2,1-3H3,(H,23,26)/t16-/m0/s1. The van der Waals surface area contributed by atoms with E-state index in [1.807, 2.05) is 25.1 Å². The quantitative estimate of drug-likeness (QED) is 0.690. The van der Waals surface area contributed by atoms with Crippen molar-refractivity contribution in [1.82, 2.24) is 14.8 Å². The smallest absolute Gasteiger partial charge is 0.248 e. The molecule has 8 heteroatoms. The van der Waals surface area contributed by atoms with Gasteiger partial charge in [-0.3, -0.25) is 4.79 Å². The number of hydrogen-bond acceptors (Lipinski definition) is 5. The van der Waals surface area contributed by atoms with E-state index in [9.17, 15) is 13.2 Å². The van der Waals surface area contributed by atoms with Gasteiger partial charge < -0.3 is 9.84 Å². The Morgan fingerprint density at radius 2 is 1.90 bits per heavy atom. The zero-order chi connectivity index (χ0) is 21.7. The Bertz CT molecular complexity index is 929. The molecular formula is C22H31N3O4S. The van der Waals surface area contributed by atoms with E-state index >= 15 is 0 Å². The molecule has 1 atom stereocenters. The molecule has 0 aliphatic carbocycles. The van der Waals surface area contributed by atoms with Gasteiger partial charge in [0.1, 0.15) is 10.6 Å². The number of sulfonamides is 1. The minimum Gasteiger partial charge on any atom is -0.360 e. The number of amides is 1. The maximum Gasteiger partial charge on any atom is 0.248 e. The van der Waals surface area contributed by atoms with Gasteiger partial charge in [0.2, 0.25) is 15.9 Å². The van der Waals surface area contributed by atoms with Crippen LogP contribution in [0.25, 0.3) is 0 Å². The predicted octanol–water partition coefficient (Wildman–Crippen LogP) is 3.22. The Labute approximate surface area is 178 Å². The average Bonchev–Trinajstić information content (AvgIpc) is 3.06. The summed E-state index contributed by atoms with van der Waals surface area (Å²) in [6.07, 6.45) is 3.61. The van der Waals surface area contributed by atoms with Crippen LogP contribution < -0.4 is 5.32 Å². The summed E-state index contributed by atoms with van der Waals surface area (Å²) < 4.78 is 32.3. The van der Waals surface area contributed by atoms with Crippen LogP contribution in [0.2, 0.25) is 0 Å². The van der Waals surface area contributed by atoms with E-state index in [1.54, 1.807) is 13.8 Å². The topological polar surface area (TPSA) is 92.5 Å². The van der Waals surface area contributed by atoms with E-state index < -0.39 is 10.0 Å². The maximum absolute atomic E-state index is 12.9. The zero-order valence-corrected chi connectivity index (χ0v) is 18.7. The lowest BCUT2D eigenvalue weighted by molar-refractivity contribution is -0.122. The number of hydrogen-bond donors (Lipinski definition) is 1. The lowest BCUT2D eigenvalue weighted by atomic mass is 9.94. The Morgan fingerprint density at radius 3 is 2.50 bits per heavy atom. The molecular weight excluding hydrogens is 402 g/mol. The van der Waals surface area contributed by atoms with Crippen molar-refractivity contribution >= 4 is 15.9 Å². The van der Waals surface area contributed by atoms with Crippen LogP contribution in [0.5, 0.6) is 0 Å². The first-order valence-corrected chi connectivity index (χ1v) is 12.0. The molecule has 1 amide bonds. The Hall–Kier alpha value is -2.19. The Balaban J connectivity index is 1.44. The first-order valence-electron chi connectivity index (χ1n) is 10.5. The van der Waals surface area contributed by atoms with E-state index in [2.05, 4.69) is 22.6 Å². The third kappa shape index (κ3) is 5.49. The molecule has 1 aliphatic heterocycles. The number of piperidine rings is 1. The zero-order valence-electron chi connectivity index (χ0n) is 17.9. The minimum atomic E-state index is -3.61. The van der Waals surface area contributed by atoms with Gasteiger partial charge in [-0.1, -0.05) is 35.5 Å². The maximum atomic E-state index is 12.9. The molecule has 1 aromatic carbocycles. The fourth-order valence-electron chi connectivity index (χ4n) is 4.02. The fourth-order valence-corrected chi connectivity index (χ4v) is 5.78. The van der Waals surface area contributed by atoms with Gasteiger partial charge in [-0.05, 0) is 57.9 Å². The van der Waals surface area contributed by atoms with Crippen molar-refractivity contribution in [2.24, 2.45) is 5.92 Å². The number of nitrogens with zero attached hydrogens (tertiary/aromatic N) is 2. The highest BCUT2D eigenvalue weighted by atomic mass is 32.2. The fraction of sp³-hybridized carbons (Fsp3) is 0.545. The van der Waals surface area contributed by atoms with Crippen LogP contribution in [0.1, 0.15) is 49.6 Å². The molecule has 1 N–H and O–H groups in total. The summed E-state index contributed by atoms with van der Waals surface area (Å²) >= 11 is 0. The molecule has 7 nitrogen and oxygen atoms in total. The molecule has 0 unspecified atom stereocenters. The van der Waals surface area contributed by atoms with Gasteiger partial charge in [0.15, 0.2) is 5.76 Å². The summed E-state index contributed by atoms with van der Waals surface area (Å²) in [5.74, 6) is 0.559. The third-order valence-corrected chi connectivity index (χ3v) is 7.87. The van der Waals surface area contributed by atoms with Gasteiger partial charge in [-0.15, -0.1) is 0 Å². The van der Waals surface area contributed by atoms with Crippen molar-refractivity contribution in [1.29, 1.82) is 0 Å². The molecule has 30 heavy (non-hydrogen) atoms. The largest absolute Gasteiger partial charge is 0.360 e. The van der Waals surface area contributed by atoms with E-state index in [4.69, 9.17) is 4.52 Å². The molecule has 1 aliphatic rings. The van der Waals surface area contributed by atoms with Crippen molar-refractivity contribution in [3.8, 4) is 0 Å². The number of aryl methyl sites for hydroxylation is 3.